The third-order valence-corrected chi connectivity index (χ3v) is 7.87. The average molecular weight is 526 g/mol. The van der Waals surface area contributed by atoms with Crippen molar-refractivity contribution in [3.63, 3.8) is 0 Å². The number of aromatic carboxylic acids is 1. The van der Waals surface area contributed by atoms with Gasteiger partial charge in [-0.15, -0.1) is 0 Å². The standard InChI is InChI=1S/C31H44FN3O3/c1-23-17-34(19-25-5-9-28(10-6-25)30(36)37)18-24(2)35(23)20-26-7-11-29(12-8-26)38-21-27-13-15-33(16-14-27)22-31(3,4)32/h5-12,23-24,27H,13-22H2,1-4H3,(H,36,37)/t23-,24+. The van der Waals surface area contributed by atoms with Crippen molar-refractivity contribution in [1.82, 2.24) is 14.7 Å². The summed E-state index contributed by atoms with van der Waals surface area (Å²) in [5.41, 5.74) is 1.63. The van der Waals surface area contributed by atoms with Gasteiger partial charge in [0, 0.05) is 44.8 Å². The van der Waals surface area contributed by atoms with E-state index in [1.807, 2.05) is 12.1 Å². The van der Waals surface area contributed by atoms with Crippen LogP contribution in [0.25, 0.3) is 0 Å². The Balaban J connectivity index is 1.21. The second kappa shape index (κ2) is 12.6. The summed E-state index contributed by atoms with van der Waals surface area (Å²) in [7, 11) is 0. The van der Waals surface area contributed by atoms with Gasteiger partial charge in [0.1, 0.15) is 11.4 Å². The minimum absolute atomic E-state index is 0.330. The number of hydrogen-bond acceptors (Lipinski definition) is 5. The van der Waals surface area contributed by atoms with Crippen LogP contribution in [0, 0.1) is 5.92 Å². The lowest BCUT2D eigenvalue weighted by molar-refractivity contribution is 0.0290. The van der Waals surface area contributed by atoms with Gasteiger partial charge in [-0.2, -0.15) is 0 Å². The van der Waals surface area contributed by atoms with Gasteiger partial charge in [-0.3, -0.25) is 9.80 Å². The van der Waals surface area contributed by atoms with Crippen molar-refractivity contribution in [2.45, 2.75) is 71.4 Å². The van der Waals surface area contributed by atoms with Gasteiger partial charge < -0.3 is 14.7 Å². The number of piperidine rings is 1. The van der Waals surface area contributed by atoms with E-state index in [9.17, 15) is 9.18 Å². The fourth-order valence-electron chi connectivity index (χ4n) is 5.88. The molecule has 2 fully saturated rings. The normalized spacial score (nSPS) is 22.4. The van der Waals surface area contributed by atoms with E-state index in [4.69, 9.17) is 9.84 Å². The number of hydrogen-bond donors (Lipinski definition) is 1. The Morgan fingerprint density at radius 1 is 0.921 bits per heavy atom. The largest absolute Gasteiger partial charge is 0.493 e. The molecule has 0 spiro atoms. The first-order valence-corrected chi connectivity index (χ1v) is 14.0. The van der Waals surface area contributed by atoms with Gasteiger partial charge >= 0.3 is 5.97 Å². The van der Waals surface area contributed by atoms with Crippen LogP contribution >= 0.6 is 0 Å². The number of alkyl halides is 1. The summed E-state index contributed by atoms with van der Waals surface area (Å²) in [5.74, 6) is 0.561. The molecular formula is C31H44FN3O3. The van der Waals surface area contributed by atoms with Gasteiger partial charge in [-0.25, -0.2) is 9.18 Å². The quantitative estimate of drug-likeness (QED) is 0.453. The number of carboxylic acid groups (broad SMARTS) is 1. The predicted octanol–water partition coefficient (Wildman–Crippen LogP) is 5.32. The highest BCUT2D eigenvalue weighted by molar-refractivity contribution is 5.87. The zero-order chi connectivity index (χ0) is 27.3. The van der Waals surface area contributed by atoms with E-state index in [1.54, 1.807) is 26.0 Å². The molecular weight excluding hydrogens is 481 g/mol. The van der Waals surface area contributed by atoms with Crippen LogP contribution in [0.5, 0.6) is 5.75 Å². The van der Waals surface area contributed by atoms with Gasteiger partial charge in [-0.05, 0) is 94.9 Å². The number of rotatable bonds is 10. The van der Waals surface area contributed by atoms with Crippen LogP contribution in [0.15, 0.2) is 48.5 Å². The molecule has 4 rings (SSSR count). The molecule has 0 radical (unpaired) electrons. The van der Waals surface area contributed by atoms with E-state index < -0.39 is 11.6 Å². The maximum Gasteiger partial charge on any atom is 0.335 e. The van der Waals surface area contributed by atoms with Crippen LogP contribution in [-0.4, -0.2) is 82.9 Å². The zero-order valence-electron chi connectivity index (χ0n) is 23.4. The van der Waals surface area contributed by atoms with Crippen LogP contribution in [-0.2, 0) is 13.1 Å². The van der Waals surface area contributed by atoms with E-state index in [1.165, 1.54) is 5.56 Å². The van der Waals surface area contributed by atoms with Gasteiger partial charge in [0.25, 0.3) is 0 Å². The Labute approximate surface area is 227 Å². The summed E-state index contributed by atoms with van der Waals surface area (Å²) in [6.07, 6.45) is 2.12. The highest BCUT2D eigenvalue weighted by Gasteiger charge is 2.29. The molecule has 0 bridgehead atoms. The fourth-order valence-corrected chi connectivity index (χ4v) is 5.88. The summed E-state index contributed by atoms with van der Waals surface area (Å²) >= 11 is 0. The number of ether oxygens (including phenoxy) is 1. The second-order valence-electron chi connectivity index (χ2n) is 12.0. The molecule has 0 unspecified atom stereocenters. The maximum absolute atomic E-state index is 13.9. The number of halogens is 1. The highest BCUT2D eigenvalue weighted by Crippen LogP contribution is 2.24. The summed E-state index contributed by atoms with van der Waals surface area (Å²) in [5, 5.41) is 9.12. The van der Waals surface area contributed by atoms with E-state index in [-0.39, 0.29) is 0 Å². The zero-order valence-corrected chi connectivity index (χ0v) is 23.4. The molecule has 38 heavy (non-hydrogen) atoms. The lowest BCUT2D eigenvalue weighted by Gasteiger charge is -2.44. The second-order valence-corrected chi connectivity index (χ2v) is 12.0. The molecule has 6 nitrogen and oxygen atoms in total. The molecule has 0 saturated carbocycles. The number of carboxylic acids is 1. The van der Waals surface area contributed by atoms with Crippen LogP contribution in [0.3, 0.4) is 0 Å². The first-order valence-electron chi connectivity index (χ1n) is 14.0. The van der Waals surface area contributed by atoms with Crippen molar-refractivity contribution in [3.8, 4) is 5.75 Å². The summed E-state index contributed by atoms with van der Waals surface area (Å²) in [6.45, 7) is 14.7. The van der Waals surface area contributed by atoms with Crippen molar-refractivity contribution < 1.29 is 19.0 Å². The third kappa shape index (κ3) is 8.26. The Hall–Kier alpha value is -2.48. The molecule has 2 saturated heterocycles. The van der Waals surface area contributed by atoms with E-state index in [2.05, 4.69) is 52.8 Å². The molecule has 1 N–H and O–H groups in total. The molecule has 2 aromatic carbocycles. The molecule has 2 aliphatic rings. The summed E-state index contributed by atoms with van der Waals surface area (Å²) < 4.78 is 20.0. The maximum atomic E-state index is 13.9. The molecule has 208 valence electrons. The number of carbonyl (C=O) groups is 1. The van der Waals surface area contributed by atoms with Gasteiger partial charge in [-0.1, -0.05) is 24.3 Å². The first kappa shape index (κ1) is 28.5. The van der Waals surface area contributed by atoms with Crippen molar-refractivity contribution in [2.75, 3.05) is 39.3 Å². The molecule has 0 aromatic heterocycles. The minimum atomic E-state index is -1.13. The van der Waals surface area contributed by atoms with Crippen LogP contribution in [0.1, 0.15) is 62.0 Å². The Kier molecular flexibility index (Phi) is 9.45. The Morgan fingerprint density at radius 3 is 2.03 bits per heavy atom. The lowest BCUT2D eigenvalue weighted by atomic mass is 9.97. The van der Waals surface area contributed by atoms with Gasteiger partial charge in [0.15, 0.2) is 0 Å². The van der Waals surface area contributed by atoms with E-state index in [0.29, 0.717) is 30.1 Å². The molecule has 0 amide bonds. The number of piperazine rings is 1. The summed E-state index contributed by atoms with van der Waals surface area (Å²) in [4.78, 5) is 18.4. The van der Waals surface area contributed by atoms with Crippen LogP contribution in [0.2, 0.25) is 0 Å². The Morgan fingerprint density at radius 2 is 1.47 bits per heavy atom. The van der Waals surface area contributed by atoms with E-state index >= 15 is 0 Å². The molecule has 2 aliphatic heterocycles. The lowest BCUT2D eigenvalue weighted by Crippen LogP contribution is -2.55. The SMILES string of the molecule is C[C@@H]1CN(Cc2ccc(C(=O)O)cc2)C[C@H](C)N1Cc1ccc(OCC2CCN(CC(C)(C)F)CC2)cc1. The monoisotopic (exact) mass is 525 g/mol. The highest BCUT2D eigenvalue weighted by atomic mass is 19.1. The topological polar surface area (TPSA) is 56.3 Å². The molecule has 2 atom stereocenters. The van der Waals surface area contributed by atoms with Crippen molar-refractivity contribution in [2.24, 2.45) is 5.92 Å². The minimum Gasteiger partial charge on any atom is -0.493 e. The Bertz CT molecular complexity index is 1020. The average Bonchev–Trinajstić information content (AvgIpc) is 2.86. The molecule has 2 heterocycles. The first-order chi connectivity index (χ1) is 18.1. The predicted molar refractivity (Wildman–Crippen MR) is 149 cm³/mol. The molecule has 2 aromatic rings. The van der Waals surface area contributed by atoms with Crippen molar-refractivity contribution >= 4 is 5.97 Å². The third-order valence-electron chi connectivity index (χ3n) is 7.87. The van der Waals surface area contributed by atoms with Crippen LogP contribution in [0.4, 0.5) is 4.39 Å². The molecule has 7 heteroatoms. The van der Waals surface area contributed by atoms with Crippen molar-refractivity contribution in [3.05, 3.63) is 65.2 Å². The van der Waals surface area contributed by atoms with Gasteiger partial charge in [0.05, 0.1) is 12.2 Å². The number of likely N-dealkylation sites (tertiary alicyclic amines) is 1. The molecule has 0 aliphatic carbocycles. The number of nitrogens with zero attached hydrogens (tertiary/aromatic N) is 3. The van der Waals surface area contributed by atoms with Crippen LogP contribution < -0.4 is 4.74 Å². The summed E-state index contributed by atoms with van der Waals surface area (Å²) in [6, 6.07) is 16.6. The fraction of sp³-hybridized carbons (Fsp3) is 0.581. The van der Waals surface area contributed by atoms with Gasteiger partial charge in [0.2, 0.25) is 0 Å². The van der Waals surface area contributed by atoms with E-state index in [0.717, 1.165) is 70.0 Å². The number of benzene rings is 2. The smallest absolute Gasteiger partial charge is 0.335 e. The van der Waals surface area contributed by atoms with Crippen molar-refractivity contribution in [1.29, 1.82) is 0 Å².